The highest BCUT2D eigenvalue weighted by Crippen LogP contribution is 2.26. The third-order valence-electron chi connectivity index (χ3n) is 12.5. The quantitative estimate of drug-likeness (QED) is 0.0193. The van der Waals surface area contributed by atoms with Crippen LogP contribution in [0.25, 0.3) is 0 Å². The number of carbonyl (C=O) groups is 1. The fourth-order valence-electron chi connectivity index (χ4n) is 8.39. The van der Waals surface area contributed by atoms with Gasteiger partial charge in [-0.1, -0.05) is 212 Å². The molecule has 13 heteroatoms. The smallest absolute Gasteiger partial charge is 0.394 e. The first-order valence-corrected chi connectivity index (χ1v) is 27.6. The number of aliphatic hydroxyl groups excluding tert-OH is 4. The molecule has 1 heterocycles. The lowest BCUT2D eigenvalue weighted by Gasteiger charge is -2.41. The molecule has 0 aromatic carbocycles. The SMILES string of the molecule is CCCCC/C=C\CCCCCCCC(=O)NC(COC1OC(CO)C(O)C(OS(=O)(=O)O)C1O)C(O)/C=C/CCCCCCCCCCCCCCCCCCCCCCCCC. The van der Waals surface area contributed by atoms with Gasteiger partial charge >= 0.3 is 10.4 Å². The molecule has 6 N–H and O–H groups in total. The summed E-state index contributed by atoms with van der Waals surface area (Å²) in [6, 6.07) is -0.946. The van der Waals surface area contributed by atoms with Gasteiger partial charge in [0.15, 0.2) is 6.29 Å². The van der Waals surface area contributed by atoms with E-state index in [2.05, 4.69) is 35.5 Å². The second-order valence-corrected chi connectivity index (χ2v) is 19.5. The Morgan fingerprint density at radius 3 is 1.44 bits per heavy atom. The van der Waals surface area contributed by atoms with Crippen molar-refractivity contribution in [2.24, 2.45) is 0 Å². The molecule has 0 bridgehead atoms. The number of rotatable bonds is 45. The van der Waals surface area contributed by atoms with Crippen molar-refractivity contribution in [3.8, 4) is 0 Å². The van der Waals surface area contributed by atoms with Crippen LogP contribution in [0.4, 0.5) is 0 Å². The minimum atomic E-state index is -5.09. The van der Waals surface area contributed by atoms with Crippen molar-refractivity contribution >= 4 is 16.3 Å². The molecule has 378 valence electrons. The third kappa shape index (κ3) is 34.0. The van der Waals surface area contributed by atoms with Crippen LogP contribution in [-0.2, 0) is 28.9 Å². The molecule has 0 spiro atoms. The predicted octanol–water partition coefficient (Wildman–Crippen LogP) is 11.3. The van der Waals surface area contributed by atoms with Crippen molar-refractivity contribution in [1.82, 2.24) is 5.32 Å². The average molecular weight is 932 g/mol. The van der Waals surface area contributed by atoms with Gasteiger partial charge in [-0.3, -0.25) is 9.35 Å². The summed E-state index contributed by atoms with van der Waals surface area (Å²) in [7, 11) is -5.09. The van der Waals surface area contributed by atoms with Gasteiger partial charge < -0.3 is 35.2 Å². The number of nitrogens with one attached hydrogen (secondary N) is 1. The number of amides is 1. The standard InChI is InChI=1S/C51H97NO11S/c1-3-5-7-9-11-13-15-17-18-19-20-21-22-23-24-25-26-27-28-29-30-32-34-36-38-40-45(54)44(52-47(55)41-39-37-35-33-31-16-14-12-10-8-6-4-2)43-61-51-49(57)50(63-64(58,59)60)48(56)46(42-53)62-51/h12,14,38,40,44-46,48-51,53-54,56-57H,3-11,13,15-37,39,41-43H2,1-2H3,(H,52,55)(H,58,59,60)/b14-12-,40-38+. The van der Waals surface area contributed by atoms with Crippen LogP contribution in [0, 0.1) is 0 Å². The first-order chi connectivity index (χ1) is 31.0. The molecule has 1 aliphatic rings. The zero-order valence-electron chi connectivity index (χ0n) is 40.6. The number of aliphatic hydroxyl groups is 4. The van der Waals surface area contributed by atoms with Gasteiger partial charge in [-0.05, 0) is 44.9 Å². The summed E-state index contributed by atoms with van der Waals surface area (Å²) in [6.07, 6.45) is 40.9. The van der Waals surface area contributed by atoms with Gasteiger partial charge in [-0.25, -0.2) is 4.18 Å². The highest BCUT2D eigenvalue weighted by Gasteiger charge is 2.48. The zero-order chi connectivity index (χ0) is 46.9. The molecule has 1 saturated heterocycles. The summed E-state index contributed by atoms with van der Waals surface area (Å²) < 4.78 is 47.7. The van der Waals surface area contributed by atoms with Crippen LogP contribution in [0.3, 0.4) is 0 Å². The van der Waals surface area contributed by atoms with Crippen molar-refractivity contribution in [3.05, 3.63) is 24.3 Å². The number of hydrogen-bond acceptors (Lipinski definition) is 10. The molecule has 64 heavy (non-hydrogen) atoms. The highest BCUT2D eigenvalue weighted by molar-refractivity contribution is 7.80. The van der Waals surface area contributed by atoms with Crippen LogP contribution in [0.15, 0.2) is 24.3 Å². The van der Waals surface area contributed by atoms with Crippen LogP contribution in [0.1, 0.15) is 239 Å². The average Bonchev–Trinajstić information content (AvgIpc) is 3.27. The molecule has 7 unspecified atom stereocenters. The van der Waals surface area contributed by atoms with E-state index in [-0.39, 0.29) is 18.9 Å². The second-order valence-electron chi connectivity index (χ2n) is 18.5. The highest BCUT2D eigenvalue weighted by atomic mass is 32.3. The van der Waals surface area contributed by atoms with Crippen molar-refractivity contribution < 1.29 is 51.8 Å². The van der Waals surface area contributed by atoms with E-state index in [1.807, 2.05) is 6.08 Å². The lowest BCUT2D eigenvalue weighted by Crippen LogP contribution is -2.61. The van der Waals surface area contributed by atoms with Gasteiger partial charge in [-0.2, -0.15) is 8.42 Å². The number of ether oxygens (including phenoxy) is 2. The lowest BCUT2D eigenvalue weighted by molar-refractivity contribution is -0.298. The maximum atomic E-state index is 13.0. The van der Waals surface area contributed by atoms with Crippen LogP contribution >= 0.6 is 0 Å². The molecule has 0 aromatic rings. The van der Waals surface area contributed by atoms with Crippen molar-refractivity contribution in [3.63, 3.8) is 0 Å². The molecule has 1 fully saturated rings. The molecule has 0 saturated carbocycles. The third-order valence-corrected chi connectivity index (χ3v) is 12.9. The molecule has 0 radical (unpaired) electrons. The van der Waals surface area contributed by atoms with Gasteiger partial charge in [0.1, 0.15) is 24.4 Å². The van der Waals surface area contributed by atoms with E-state index in [9.17, 15) is 38.2 Å². The Kier molecular flexibility index (Phi) is 39.5. The van der Waals surface area contributed by atoms with Gasteiger partial charge in [0, 0.05) is 6.42 Å². The Balaban J connectivity index is 2.38. The minimum absolute atomic E-state index is 0.259. The van der Waals surface area contributed by atoms with E-state index < -0.39 is 59.9 Å². The Bertz CT molecular complexity index is 1230. The zero-order valence-corrected chi connectivity index (χ0v) is 41.4. The van der Waals surface area contributed by atoms with Gasteiger partial charge in [-0.15, -0.1) is 0 Å². The molecule has 1 aliphatic heterocycles. The first kappa shape index (κ1) is 60.6. The number of carbonyl (C=O) groups excluding carboxylic acids is 1. The molecule has 1 rings (SSSR count). The van der Waals surface area contributed by atoms with Gasteiger partial charge in [0.2, 0.25) is 5.91 Å². The Morgan fingerprint density at radius 1 is 0.609 bits per heavy atom. The van der Waals surface area contributed by atoms with Gasteiger partial charge in [0.25, 0.3) is 0 Å². The molecular weight excluding hydrogens is 835 g/mol. The fraction of sp³-hybridized carbons (Fsp3) is 0.902. The summed E-state index contributed by atoms with van der Waals surface area (Å²) in [5.74, 6) is -0.271. The van der Waals surface area contributed by atoms with Crippen molar-refractivity contribution in [2.75, 3.05) is 13.2 Å². The maximum Gasteiger partial charge on any atom is 0.397 e. The summed E-state index contributed by atoms with van der Waals surface area (Å²) >= 11 is 0. The van der Waals surface area contributed by atoms with Crippen LogP contribution in [0.5, 0.6) is 0 Å². The van der Waals surface area contributed by atoms with E-state index in [0.29, 0.717) is 6.42 Å². The topological polar surface area (TPSA) is 192 Å². The Morgan fingerprint density at radius 2 is 1.00 bits per heavy atom. The van der Waals surface area contributed by atoms with Crippen LogP contribution < -0.4 is 5.32 Å². The molecule has 7 atom stereocenters. The van der Waals surface area contributed by atoms with E-state index in [0.717, 1.165) is 57.8 Å². The normalized spacial score (nSPS) is 20.4. The Labute approximate surface area is 391 Å². The maximum absolute atomic E-state index is 13.0. The summed E-state index contributed by atoms with van der Waals surface area (Å²) in [4.78, 5) is 13.0. The van der Waals surface area contributed by atoms with Crippen molar-refractivity contribution in [2.45, 2.75) is 281 Å². The molecule has 1 amide bonds. The summed E-state index contributed by atoms with van der Waals surface area (Å²) in [5, 5.41) is 44.8. The number of unbranched alkanes of at least 4 members (excludes halogenated alkanes) is 31. The first-order valence-electron chi connectivity index (χ1n) is 26.2. The second kappa shape index (κ2) is 41.7. The Hall–Kier alpha value is -1.42. The predicted molar refractivity (Wildman–Crippen MR) is 259 cm³/mol. The monoisotopic (exact) mass is 932 g/mol. The van der Waals surface area contributed by atoms with E-state index in [1.54, 1.807) is 6.08 Å². The van der Waals surface area contributed by atoms with Crippen LogP contribution in [0.2, 0.25) is 0 Å². The lowest BCUT2D eigenvalue weighted by atomic mass is 9.99. The van der Waals surface area contributed by atoms with Crippen LogP contribution in [-0.4, -0.2) is 95.4 Å². The number of allylic oxidation sites excluding steroid dienone is 3. The van der Waals surface area contributed by atoms with E-state index in [1.165, 1.54) is 154 Å². The summed E-state index contributed by atoms with van der Waals surface area (Å²) in [6.45, 7) is 3.37. The van der Waals surface area contributed by atoms with E-state index >= 15 is 0 Å². The molecule has 0 aromatic heterocycles. The minimum Gasteiger partial charge on any atom is -0.394 e. The number of hydrogen-bond donors (Lipinski definition) is 6. The largest absolute Gasteiger partial charge is 0.397 e. The molecular formula is C51H97NO11S. The molecule has 12 nitrogen and oxygen atoms in total. The summed E-state index contributed by atoms with van der Waals surface area (Å²) in [5.41, 5.74) is 0. The fourth-order valence-corrected chi connectivity index (χ4v) is 8.90. The van der Waals surface area contributed by atoms with Gasteiger partial charge in [0.05, 0.1) is 25.4 Å². The molecule has 0 aliphatic carbocycles. The van der Waals surface area contributed by atoms with E-state index in [4.69, 9.17) is 9.47 Å². The van der Waals surface area contributed by atoms with Crippen molar-refractivity contribution in [1.29, 1.82) is 0 Å².